The molecule has 28 heavy (non-hydrogen) atoms. The number of thiophene rings is 1. The van der Waals surface area contributed by atoms with Crippen molar-refractivity contribution in [2.75, 3.05) is 19.7 Å². The van der Waals surface area contributed by atoms with Crippen LogP contribution in [0, 0.1) is 0 Å². The van der Waals surface area contributed by atoms with Crippen LogP contribution in [0.1, 0.15) is 36.0 Å². The number of carbonyl (C=O) groups is 4. The van der Waals surface area contributed by atoms with Crippen LogP contribution in [-0.4, -0.2) is 48.3 Å². The van der Waals surface area contributed by atoms with Crippen LogP contribution in [0.15, 0.2) is 48.4 Å². The van der Waals surface area contributed by atoms with E-state index < -0.39 is 30.3 Å². The van der Waals surface area contributed by atoms with Crippen LogP contribution in [0.25, 0.3) is 0 Å². The first-order valence-corrected chi connectivity index (χ1v) is 9.46. The van der Waals surface area contributed by atoms with Crippen LogP contribution in [0.2, 0.25) is 0 Å². The average molecular weight is 398 g/mol. The Kier molecular flexibility index (Phi) is 6.00. The van der Waals surface area contributed by atoms with Crippen molar-refractivity contribution < 1.29 is 23.9 Å². The number of hydrogen-bond acceptors (Lipinski definition) is 6. The normalized spacial score (nSPS) is 12.6. The fourth-order valence-electron chi connectivity index (χ4n) is 2.76. The molecule has 2 aromatic rings. The van der Waals surface area contributed by atoms with E-state index in [4.69, 9.17) is 4.74 Å². The summed E-state index contributed by atoms with van der Waals surface area (Å²) >= 11 is 1.61. The topological polar surface area (TPSA) is 92.8 Å². The number of imide groups is 1. The van der Waals surface area contributed by atoms with Crippen molar-refractivity contribution in [2.24, 2.45) is 0 Å². The van der Waals surface area contributed by atoms with E-state index >= 15 is 0 Å². The minimum atomic E-state index is -0.737. The van der Waals surface area contributed by atoms with Crippen molar-refractivity contribution in [2.45, 2.75) is 6.42 Å². The Hall–Kier alpha value is -3.26. The van der Waals surface area contributed by atoms with Gasteiger partial charge >= 0.3 is 5.97 Å². The summed E-state index contributed by atoms with van der Waals surface area (Å²) in [5, 5.41) is 4.64. The van der Waals surface area contributed by atoms with E-state index in [1.165, 1.54) is 24.3 Å². The molecule has 1 N–H and O–H groups in total. The monoisotopic (exact) mass is 398 g/mol. The van der Waals surface area contributed by atoms with Crippen LogP contribution < -0.4 is 5.32 Å². The molecule has 7 nitrogen and oxygen atoms in total. The highest BCUT2D eigenvalue weighted by Gasteiger charge is 2.35. The fraction of sp³-hybridized carbons (Fsp3) is 0.200. The summed E-state index contributed by atoms with van der Waals surface area (Å²) in [5.41, 5.74) is 0.475. The fourth-order valence-corrected chi connectivity index (χ4v) is 3.47. The zero-order valence-electron chi connectivity index (χ0n) is 15.0. The summed E-state index contributed by atoms with van der Waals surface area (Å²) in [7, 11) is 0. The molecule has 3 rings (SSSR count). The first-order chi connectivity index (χ1) is 13.5. The smallest absolute Gasteiger partial charge is 0.338 e. The lowest BCUT2D eigenvalue weighted by atomic mass is 10.1. The molecule has 1 aromatic heterocycles. The molecule has 144 valence electrons. The molecule has 8 heteroatoms. The summed E-state index contributed by atoms with van der Waals surface area (Å²) in [6.45, 7) is 3.64. The molecule has 0 unspecified atom stereocenters. The molecule has 3 amide bonds. The van der Waals surface area contributed by atoms with Gasteiger partial charge in [-0.25, -0.2) is 4.79 Å². The van der Waals surface area contributed by atoms with Gasteiger partial charge in [-0.3, -0.25) is 19.3 Å². The Morgan fingerprint density at radius 3 is 2.68 bits per heavy atom. The SMILES string of the molecule is C=CCN1C(=O)c2ccc(C(=O)OCC(=O)NCCc3cccs3)cc2C1=O. The third-order valence-electron chi connectivity index (χ3n) is 4.13. The Labute approximate surface area is 165 Å². The highest BCUT2D eigenvalue weighted by atomic mass is 32.1. The second-order valence-electron chi connectivity index (χ2n) is 6.03. The maximum Gasteiger partial charge on any atom is 0.338 e. The van der Waals surface area contributed by atoms with Crippen LogP contribution in [0.4, 0.5) is 0 Å². The molecule has 0 fully saturated rings. The van der Waals surface area contributed by atoms with Gasteiger partial charge in [0.1, 0.15) is 0 Å². The summed E-state index contributed by atoms with van der Waals surface area (Å²) in [6.07, 6.45) is 2.16. The number of esters is 1. The van der Waals surface area contributed by atoms with E-state index in [-0.39, 0.29) is 23.2 Å². The summed E-state index contributed by atoms with van der Waals surface area (Å²) < 4.78 is 5.00. The number of fused-ring (bicyclic) bond motifs is 1. The molecule has 0 radical (unpaired) electrons. The Balaban J connectivity index is 1.54. The number of ether oxygens (including phenoxy) is 1. The predicted molar refractivity (Wildman–Crippen MR) is 103 cm³/mol. The van der Waals surface area contributed by atoms with E-state index in [0.29, 0.717) is 13.0 Å². The van der Waals surface area contributed by atoms with Gasteiger partial charge in [0.25, 0.3) is 17.7 Å². The summed E-state index contributed by atoms with van der Waals surface area (Å²) in [4.78, 5) is 50.6. The van der Waals surface area contributed by atoms with Gasteiger partial charge in [0, 0.05) is 18.0 Å². The van der Waals surface area contributed by atoms with Crippen molar-refractivity contribution in [1.82, 2.24) is 10.2 Å². The first-order valence-electron chi connectivity index (χ1n) is 8.58. The molecule has 1 aliphatic rings. The van der Waals surface area contributed by atoms with Gasteiger partial charge in [-0.2, -0.15) is 0 Å². The molecule has 2 heterocycles. The van der Waals surface area contributed by atoms with Gasteiger partial charge < -0.3 is 10.1 Å². The van der Waals surface area contributed by atoms with Crippen LogP contribution in [0.3, 0.4) is 0 Å². The van der Waals surface area contributed by atoms with Crippen LogP contribution in [-0.2, 0) is 16.0 Å². The number of hydrogen-bond donors (Lipinski definition) is 1. The number of benzene rings is 1. The Morgan fingerprint density at radius 1 is 1.18 bits per heavy atom. The highest BCUT2D eigenvalue weighted by molar-refractivity contribution is 7.09. The average Bonchev–Trinajstić information content (AvgIpc) is 3.29. The van der Waals surface area contributed by atoms with Gasteiger partial charge in [0.15, 0.2) is 6.61 Å². The first kappa shape index (κ1) is 19.5. The largest absolute Gasteiger partial charge is 0.452 e. The number of nitrogens with one attached hydrogen (secondary N) is 1. The Bertz CT molecular complexity index is 936. The van der Waals surface area contributed by atoms with Crippen molar-refractivity contribution >= 4 is 35.0 Å². The van der Waals surface area contributed by atoms with Gasteiger partial charge in [-0.1, -0.05) is 12.1 Å². The summed E-state index contributed by atoms with van der Waals surface area (Å²) in [6, 6.07) is 8.05. The van der Waals surface area contributed by atoms with Gasteiger partial charge in [0.2, 0.25) is 0 Å². The van der Waals surface area contributed by atoms with Crippen molar-refractivity contribution in [1.29, 1.82) is 0 Å². The molecular formula is C20H18N2O5S. The molecule has 0 aliphatic carbocycles. The van der Waals surface area contributed by atoms with Crippen LogP contribution >= 0.6 is 11.3 Å². The molecule has 0 atom stereocenters. The van der Waals surface area contributed by atoms with Crippen molar-refractivity contribution in [3.63, 3.8) is 0 Å². The second-order valence-corrected chi connectivity index (χ2v) is 7.06. The van der Waals surface area contributed by atoms with Gasteiger partial charge in [-0.15, -0.1) is 17.9 Å². The van der Waals surface area contributed by atoms with E-state index in [1.54, 1.807) is 11.3 Å². The van der Waals surface area contributed by atoms with E-state index in [1.807, 2.05) is 17.5 Å². The molecule has 0 bridgehead atoms. The molecule has 0 saturated carbocycles. The highest BCUT2D eigenvalue weighted by Crippen LogP contribution is 2.24. The van der Waals surface area contributed by atoms with Gasteiger partial charge in [0.05, 0.1) is 16.7 Å². The predicted octanol–water partition coefficient (Wildman–Crippen LogP) is 2.05. The molecule has 1 aliphatic heterocycles. The number of rotatable bonds is 8. The molecule has 0 saturated heterocycles. The van der Waals surface area contributed by atoms with Crippen LogP contribution in [0.5, 0.6) is 0 Å². The quantitative estimate of drug-likeness (QED) is 0.417. The summed E-state index contributed by atoms with van der Waals surface area (Å²) in [5.74, 6) is -2.06. The number of amides is 3. The molecule has 1 aromatic carbocycles. The maximum absolute atomic E-state index is 12.3. The van der Waals surface area contributed by atoms with E-state index in [2.05, 4.69) is 11.9 Å². The third kappa shape index (κ3) is 4.17. The number of nitrogens with zero attached hydrogens (tertiary/aromatic N) is 1. The Morgan fingerprint density at radius 2 is 1.96 bits per heavy atom. The minimum Gasteiger partial charge on any atom is -0.452 e. The lowest BCUT2D eigenvalue weighted by molar-refractivity contribution is -0.124. The lowest BCUT2D eigenvalue weighted by Crippen LogP contribution is -2.30. The van der Waals surface area contributed by atoms with Gasteiger partial charge in [-0.05, 0) is 36.1 Å². The minimum absolute atomic E-state index is 0.0950. The molecular weight excluding hydrogens is 380 g/mol. The zero-order valence-corrected chi connectivity index (χ0v) is 15.8. The maximum atomic E-state index is 12.3. The standard InChI is InChI=1S/C20H18N2O5S/c1-2-9-22-18(24)15-6-5-13(11-16(15)19(22)25)20(26)27-12-17(23)21-8-7-14-4-3-10-28-14/h2-6,10-11H,1,7-9,12H2,(H,21,23). The molecule has 0 spiro atoms. The lowest BCUT2D eigenvalue weighted by Gasteiger charge is -2.09. The zero-order chi connectivity index (χ0) is 20.1. The van der Waals surface area contributed by atoms with E-state index in [0.717, 1.165) is 9.78 Å². The second kappa shape index (κ2) is 8.62. The van der Waals surface area contributed by atoms with E-state index in [9.17, 15) is 19.2 Å². The third-order valence-corrected chi connectivity index (χ3v) is 5.06. The van der Waals surface area contributed by atoms with Crippen molar-refractivity contribution in [3.05, 3.63) is 69.9 Å². The van der Waals surface area contributed by atoms with Crippen molar-refractivity contribution in [3.8, 4) is 0 Å². The number of carbonyl (C=O) groups excluding carboxylic acids is 4.